The fourth-order valence-corrected chi connectivity index (χ4v) is 6.09. The highest BCUT2D eigenvalue weighted by atomic mass is 32.2. The van der Waals surface area contributed by atoms with Gasteiger partial charge < -0.3 is 10.2 Å². The van der Waals surface area contributed by atoms with Crippen molar-refractivity contribution in [1.82, 2.24) is 14.5 Å². The van der Waals surface area contributed by atoms with Crippen LogP contribution in [0.1, 0.15) is 50.0 Å². The van der Waals surface area contributed by atoms with E-state index >= 15 is 0 Å². The smallest absolute Gasteiger partial charge is 0.245 e. The van der Waals surface area contributed by atoms with Gasteiger partial charge in [0.05, 0.1) is 5.75 Å². The summed E-state index contributed by atoms with van der Waals surface area (Å²) in [5.41, 5.74) is 1.21. The monoisotopic (exact) mass is 441 g/mol. The molecule has 1 aromatic rings. The van der Waals surface area contributed by atoms with Gasteiger partial charge in [0.25, 0.3) is 0 Å². The normalized spacial score (nSPS) is 19.6. The summed E-state index contributed by atoms with van der Waals surface area (Å²) in [5.74, 6) is -0.296. The molecular formula is C20H31N3O4S2. The van der Waals surface area contributed by atoms with E-state index in [0.29, 0.717) is 45.4 Å². The third kappa shape index (κ3) is 5.19. The lowest BCUT2D eigenvalue weighted by Gasteiger charge is -2.33. The topological polar surface area (TPSA) is 86.8 Å². The van der Waals surface area contributed by atoms with E-state index in [0.717, 1.165) is 12.8 Å². The molecule has 9 heteroatoms. The predicted octanol–water partition coefficient (Wildman–Crippen LogP) is 1.98. The van der Waals surface area contributed by atoms with Crippen molar-refractivity contribution in [1.29, 1.82) is 0 Å². The maximum absolute atomic E-state index is 13.1. The maximum Gasteiger partial charge on any atom is 0.245 e. The van der Waals surface area contributed by atoms with Crippen molar-refractivity contribution in [2.24, 2.45) is 5.92 Å². The summed E-state index contributed by atoms with van der Waals surface area (Å²) in [6.45, 7) is 5.68. The molecule has 29 heavy (non-hydrogen) atoms. The van der Waals surface area contributed by atoms with Crippen LogP contribution in [0.5, 0.6) is 0 Å². The van der Waals surface area contributed by atoms with Gasteiger partial charge in [-0.25, -0.2) is 12.7 Å². The Kier molecular flexibility index (Phi) is 7.34. The Morgan fingerprint density at radius 2 is 1.97 bits per heavy atom. The minimum absolute atomic E-state index is 0.0111. The molecule has 0 radical (unpaired) electrons. The van der Waals surface area contributed by atoms with Gasteiger partial charge in [0.1, 0.15) is 6.04 Å². The Labute approximate surface area is 177 Å². The lowest BCUT2D eigenvalue weighted by molar-refractivity contribution is -0.138. The minimum Gasteiger partial charge on any atom is -0.344 e. The van der Waals surface area contributed by atoms with Crippen LogP contribution in [0.4, 0.5) is 0 Å². The van der Waals surface area contributed by atoms with Gasteiger partial charge in [-0.2, -0.15) is 0 Å². The molecule has 3 rings (SSSR count). The maximum atomic E-state index is 13.1. The summed E-state index contributed by atoms with van der Waals surface area (Å²) in [7, 11) is -3.21. The van der Waals surface area contributed by atoms with Gasteiger partial charge in [-0.05, 0) is 49.6 Å². The van der Waals surface area contributed by atoms with Crippen molar-refractivity contribution < 1.29 is 18.0 Å². The molecular weight excluding hydrogens is 410 g/mol. The third-order valence-corrected chi connectivity index (χ3v) is 8.80. The van der Waals surface area contributed by atoms with E-state index in [2.05, 4.69) is 16.8 Å². The molecule has 1 aromatic heterocycles. The molecule has 0 aliphatic carbocycles. The number of carbonyl (C=O) groups is 2. The van der Waals surface area contributed by atoms with Crippen molar-refractivity contribution in [3.05, 3.63) is 21.9 Å². The van der Waals surface area contributed by atoms with Crippen LogP contribution in [0.25, 0.3) is 0 Å². The molecule has 162 valence electrons. The predicted molar refractivity (Wildman–Crippen MR) is 114 cm³/mol. The number of hydrogen-bond donors (Lipinski definition) is 1. The van der Waals surface area contributed by atoms with Crippen LogP contribution < -0.4 is 5.32 Å². The highest BCUT2D eigenvalue weighted by Gasteiger charge is 2.33. The van der Waals surface area contributed by atoms with E-state index in [9.17, 15) is 18.0 Å². The summed E-state index contributed by atoms with van der Waals surface area (Å²) in [5, 5.41) is 5.04. The highest BCUT2D eigenvalue weighted by molar-refractivity contribution is 7.89. The van der Waals surface area contributed by atoms with E-state index in [4.69, 9.17) is 0 Å². The van der Waals surface area contributed by atoms with E-state index in [1.54, 1.807) is 18.3 Å². The van der Waals surface area contributed by atoms with Crippen LogP contribution in [0, 0.1) is 5.92 Å². The van der Waals surface area contributed by atoms with Crippen LogP contribution in [0.3, 0.4) is 0 Å². The van der Waals surface area contributed by atoms with Crippen LogP contribution >= 0.6 is 11.3 Å². The average molecular weight is 442 g/mol. The number of thiophene rings is 1. The summed E-state index contributed by atoms with van der Waals surface area (Å²) in [6.07, 6.45) is 3.29. The van der Waals surface area contributed by atoms with Crippen LogP contribution in [0.2, 0.25) is 0 Å². The lowest BCUT2D eigenvalue weighted by Crippen LogP contribution is -2.52. The number of piperidine rings is 1. The molecule has 0 aromatic carbocycles. The standard InChI is InChI=1S/C20H31N3O4S2/c1-3-5-17(20(25)22-10-8-18-16(14-22)9-13-28-18)21-19(24)15-6-11-23(12-7-15)29(26,27)4-2/h9,13,15,17H,3-8,10-12,14H2,1-2H3,(H,21,24). The molecule has 3 heterocycles. The molecule has 1 atom stereocenters. The molecule has 7 nitrogen and oxygen atoms in total. The quantitative estimate of drug-likeness (QED) is 0.701. The fourth-order valence-electron chi connectivity index (χ4n) is 4.07. The van der Waals surface area contributed by atoms with Crippen LogP contribution in [-0.4, -0.2) is 60.9 Å². The van der Waals surface area contributed by atoms with Crippen molar-refractivity contribution in [2.45, 2.75) is 58.5 Å². The zero-order valence-corrected chi connectivity index (χ0v) is 18.9. The van der Waals surface area contributed by atoms with Gasteiger partial charge in [-0.15, -0.1) is 11.3 Å². The third-order valence-electron chi connectivity index (χ3n) is 5.89. The van der Waals surface area contributed by atoms with E-state index in [1.165, 1.54) is 14.7 Å². The first kappa shape index (κ1) is 22.2. The van der Waals surface area contributed by atoms with E-state index in [1.807, 2.05) is 11.8 Å². The van der Waals surface area contributed by atoms with Crippen molar-refractivity contribution in [3.63, 3.8) is 0 Å². The first-order valence-corrected chi connectivity index (χ1v) is 13.0. The number of amides is 2. The van der Waals surface area contributed by atoms with Gasteiger partial charge >= 0.3 is 0 Å². The van der Waals surface area contributed by atoms with Crippen LogP contribution in [-0.2, 0) is 32.6 Å². The molecule has 0 bridgehead atoms. The summed E-state index contributed by atoms with van der Waals surface area (Å²) in [6, 6.07) is 1.57. The zero-order chi connectivity index (χ0) is 21.0. The van der Waals surface area contributed by atoms with Crippen molar-refractivity contribution in [3.8, 4) is 0 Å². The van der Waals surface area contributed by atoms with Gasteiger partial charge in [0.2, 0.25) is 21.8 Å². The highest BCUT2D eigenvalue weighted by Crippen LogP contribution is 2.25. The Balaban J connectivity index is 1.57. The summed E-state index contributed by atoms with van der Waals surface area (Å²) < 4.78 is 25.5. The minimum atomic E-state index is -3.21. The number of nitrogens with one attached hydrogen (secondary N) is 1. The second-order valence-electron chi connectivity index (χ2n) is 7.80. The summed E-state index contributed by atoms with van der Waals surface area (Å²) >= 11 is 1.74. The SMILES string of the molecule is CCCC(NC(=O)C1CCN(S(=O)(=O)CC)CC1)C(=O)N1CCc2sccc2C1. The molecule has 1 fully saturated rings. The number of sulfonamides is 1. The summed E-state index contributed by atoms with van der Waals surface area (Å²) in [4.78, 5) is 29.1. The van der Waals surface area contributed by atoms with Crippen molar-refractivity contribution in [2.75, 3.05) is 25.4 Å². The van der Waals surface area contributed by atoms with Gasteiger partial charge in [-0.1, -0.05) is 13.3 Å². The molecule has 2 amide bonds. The van der Waals surface area contributed by atoms with Crippen LogP contribution in [0.15, 0.2) is 11.4 Å². The van der Waals surface area contributed by atoms with Gasteiger partial charge in [0, 0.05) is 37.0 Å². The second kappa shape index (κ2) is 9.57. The lowest BCUT2D eigenvalue weighted by atomic mass is 9.96. The Morgan fingerprint density at radius 3 is 2.62 bits per heavy atom. The zero-order valence-electron chi connectivity index (χ0n) is 17.2. The molecule has 1 N–H and O–H groups in total. The molecule has 1 unspecified atom stereocenters. The number of rotatable bonds is 7. The first-order chi connectivity index (χ1) is 13.9. The molecule has 2 aliphatic heterocycles. The van der Waals surface area contributed by atoms with Crippen molar-refractivity contribution >= 4 is 33.2 Å². The average Bonchev–Trinajstić information content (AvgIpc) is 3.20. The Morgan fingerprint density at radius 1 is 1.24 bits per heavy atom. The largest absolute Gasteiger partial charge is 0.344 e. The number of nitrogens with zero attached hydrogens (tertiary/aromatic N) is 2. The number of hydrogen-bond acceptors (Lipinski definition) is 5. The molecule has 0 spiro atoms. The second-order valence-corrected chi connectivity index (χ2v) is 11.1. The van der Waals surface area contributed by atoms with E-state index < -0.39 is 16.1 Å². The van der Waals surface area contributed by atoms with Gasteiger partial charge in [-0.3, -0.25) is 9.59 Å². The van der Waals surface area contributed by atoms with E-state index in [-0.39, 0.29) is 23.5 Å². The number of carbonyl (C=O) groups excluding carboxylic acids is 2. The Bertz CT molecular complexity index is 829. The number of fused-ring (bicyclic) bond motifs is 1. The fraction of sp³-hybridized carbons (Fsp3) is 0.700. The Hall–Kier alpha value is -1.45. The molecule has 0 saturated carbocycles. The van der Waals surface area contributed by atoms with Gasteiger partial charge in [0.15, 0.2) is 0 Å². The molecule has 1 saturated heterocycles. The first-order valence-electron chi connectivity index (χ1n) is 10.5. The molecule has 2 aliphatic rings.